The fourth-order valence-corrected chi connectivity index (χ4v) is 2.46. The van der Waals surface area contributed by atoms with Gasteiger partial charge in [0.15, 0.2) is 0 Å². The van der Waals surface area contributed by atoms with Crippen molar-refractivity contribution in [3.05, 3.63) is 15.8 Å². The van der Waals surface area contributed by atoms with Crippen molar-refractivity contribution in [1.82, 2.24) is 9.78 Å². The molecule has 120 valence electrons. The zero-order valence-corrected chi connectivity index (χ0v) is 13.9. The molecule has 0 bridgehead atoms. The van der Waals surface area contributed by atoms with Crippen LogP contribution >= 0.6 is 0 Å². The van der Waals surface area contributed by atoms with Gasteiger partial charge in [0.2, 0.25) is 5.82 Å². The predicted molar refractivity (Wildman–Crippen MR) is 85.7 cm³/mol. The molecule has 1 heterocycles. The van der Waals surface area contributed by atoms with Crippen molar-refractivity contribution in [1.29, 1.82) is 0 Å². The minimum absolute atomic E-state index is 0.111. The largest absolute Gasteiger partial charge is 0.364 e. The smallest absolute Gasteiger partial charge is 0.333 e. The van der Waals surface area contributed by atoms with Gasteiger partial charge in [0.05, 0.1) is 4.92 Å². The van der Waals surface area contributed by atoms with Gasteiger partial charge in [0.25, 0.3) is 0 Å². The molecule has 0 fully saturated rings. The summed E-state index contributed by atoms with van der Waals surface area (Å²) >= 11 is 0. The van der Waals surface area contributed by atoms with Crippen LogP contribution in [0.2, 0.25) is 0 Å². The number of rotatable bonds is 9. The summed E-state index contributed by atoms with van der Waals surface area (Å²) in [5, 5.41) is 18.7. The van der Waals surface area contributed by atoms with Gasteiger partial charge in [-0.2, -0.15) is 5.10 Å². The number of aryl methyl sites for hydroxylation is 2. The fraction of sp³-hybridized carbons (Fsp3) is 0.800. The van der Waals surface area contributed by atoms with Gasteiger partial charge in [0.1, 0.15) is 5.69 Å². The first-order valence-electron chi connectivity index (χ1n) is 7.76. The second-order valence-electron chi connectivity index (χ2n) is 6.35. The average Bonchev–Trinajstić information content (AvgIpc) is 2.73. The van der Waals surface area contributed by atoms with Crippen LogP contribution in [0.25, 0.3) is 0 Å². The molecule has 0 saturated heterocycles. The molecule has 6 nitrogen and oxygen atoms in total. The lowest BCUT2D eigenvalue weighted by molar-refractivity contribution is -0.384. The van der Waals surface area contributed by atoms with Crippen LogP contribution in [0, 0.1) is 15.5 Å². The molecular weight excluding hydrogens is 268 g/mol. The molecule has 21 heavy (non-hydrogen) atoms. The number of aromatic nitrogens is 2. The third kappa shape index (κ3) is 4.72. The molecule has 0 aliphatic rings. The van der Waals surface area contributed by atoms with Crippen LogP contribution in [-0.4, -0.2) is 21.2 Å². The van der Waals surface area contributed by atoms with Crippen LogP contribution in [0.15, 0.2) is 0 Å². The van der Waals surface area contributed by atoms with Gasteiger partial charge in [-0.1, -0.05) is 47.0 Å². The number of hydrogen-bond donors (Lipinski definition) is 1. The second-order valence-corrected chi connectivity index (χ2v) is 6.35. The Labute approximate surface area is 127 Å². The minimum atomic E-state index is -0.335. The minimum Gasteiger partial charge on any atom is -0.364 e. The van der Waals surface area contributed by atoms with E-state index in [1.165, 1.54) is 19.3 Å². The Morgan fingerprint density at radius 1 is 1.33 bits per heavy atom. The Morgan fingerprint density at radius 3 is 2.52 bits per heavy atom. The van der Waals surface area contributed by atoms with E-state index < -0.39 is 0 Å². The number of nitrogens with one attached hydrogen (secondary N) is 1. The van der Waals surface area contributed by atoms with Crippen molar-refractivity contribution in [2.45, 2.75) is 59.8 Å². The van der Waals surface area contributed by atoms with E-state index in [0.717, 1.165) is 6.42 Å². The van der Waals surface area contributed by atoms with E-state index in [0.29, 0.717) is 24.5 Å². The third-order valence-electron chi connectivity index (χ3n) is 3.80. The van der Waals surface area contributed by atoms with Crippen molar-refractivity contribution in [2.24, 2.45) is 12.5 Å². The van der Waals surface area contributed by atoms with E-state index in [1.807, 2.05) is 6.92 Å². The van der Waals surface area contributed by atoms with Crippen LogP contribution in [0.5, 0.6) is 0 Å². The Kier molecular flexibility index (Phi) is 6.18. The lowest BCUT2D eigenvalue weighted by atomic mass is 9.87. The van der Waals surface area contributed by atoms with Crippen molar-refractivity contribution >= 4 is 11.5 Å². The molecule has 0 unspecified atom stereocenters. The Balaban J connectivity index is 2.79. The van der Waals surface area contributed by atoms with E-state index in [2.05, 4.69) is 31.2 Å². The van der Waals surface area contributed by atoms with Crippen molar-refractivity contribution in [3.63, 3.8) is 0 Å². The SMILES string of the molecule is CCCCCC(C)(C)CNc1c([N+](=O)[O-])c(CC)nn1C. The van der Waals surface area contributed by atoms with Gasteiger partial charge in [-0.05, 0) is 18.3 Å². The second kappa shape index (κ2) is 7.43. The molecule has 0 atom stereocenters. The number of hydrogen-bond acceptors (Lipinski definition) is 4. The molecule has 0 aliphatic carbocycles. The number of nitro groups is 1. The van der Waals surface area contributed by atoms with Crippen LogP contribution in [-0.2, 0) is 13.5 Å². The summed E-state index contributed by atoms with van der Waals surface area (Å²) in [7, 11) is 1.75. The summed E-state index contributed by atoms with van der Waals surface area (Å²) in [6, 6.07) is 0. The molecule has 1 N–H and O–H groups in total. The maximum atomic E-state index is 11.3. The molecule has 1 aromatic heterocycles. The highest BCUT2D eigenvalue weighted by Gasteiger charge is 2.27. The van der Waals surface area contributed by atoms with Gasteiger partial charge < -0.3 is 5.32 Å². The summed E-state index contributed by atoms with van der Waals surface area (Å²) in [5.41, 5.74) is 0.762. The molecule has 1 aromatic rings. The lowest BCUT2D eigenvalue weighted by Crippen LogP contribution is -2.24. The molecule has 6 heteroatoms. The van der Waals surface area contributed by atoms with Crippen LogP contribution in [0.3, 0.4) is 0 Å². The van der Waals surface area contributed by atoms with Crippen molar-refractivity contribution < 1.29 is 4.92 Å². The summed E-state index contributed by atoms with van der Waals surface area (Å²) < 4.78 is 1.58. The van der Waals surface area contributed by atoms with Gasteiger partial charge in [-0.25, -0.2) is 4.68 Å². The molecule has 0 spiro atoms. The molecule has 0 aliphatic heterocycles. The Morgan fingerprint density at radius 2 is 2.00 bits per heavy atom. The van der Waals surface area contributed by atoms with E-state index in [1.54, 1.807) is 11.7 Å². The number of anilines is 1. The molecular formula is C15H28N4O2. The highest BCUT2D eigenvalue weighted by Crippen LogP contribution is 2.31. The van der Waals surface area contributed by atoms with E-state index in [-0.39, 0.29) is 16.0 Å². The Bertz CT molecular complexity index is 480. The fourth-order valence-electron chi connectivity index (χ4n) is 2.46. The van der Waals surface area contributed by atoms with Crippen molar-refractivity contribution in [2.75, 3.05) is 11.9 Å². The third-order valence-corrected chi connectivity index (χ3v) is 3.80. The maximum Gasteiger partial charge on any atom is 0.333 e. The Hall–Kier alpha value is -1.59. The van der Waals surface area contributed by atoms with Gasteiger partial charge in [-0.15, -0.1) is 0 Å². The monoisotopic (exact) mass is 296 g/mol. The van der Waals surface area contributed by atoms with Crippen LogP contribution < -0.4 is 5.32 Å². The van der Waals surface area contributed by atoms with Gasteiger partial charge in [-0.3, -0.25) is 10.1 Å². The van der Waals surface area contributed by atoms with E-state index in [9.17, 15) is 10.1 Å². The predicted octanol–water partition coefficient (Wildman–Crippen LogP) is 3.91. The number of nitrogens with zero attached hydrogens (tertiary/aromatic N) is 3. The zero-order chi connectivity index (χ0) is 16.0. The van der Waals surface area contributed by atoms with Gasteiger partial charge in [0, 0.05) is 13.6 Å². The highest BCUT2D eigenvalue weighted by atomic mass is 16.6. The quantitative estimate of drug-likeness (QED) is 0.426. The molecule has 0 saturated carbocycles. The van der Waals surface area contributed by atoms with Crippen molar-refractivity contribution in [3.8, 4) is 0 Å². The summed E-state index contributed by atoms with van der Waals surface area (Å²) in [5.74, 6) is 0.514. The molecule has 0 radical (unpaired) electrons. The standard InChI is InChI=1S/C15H28N4O2/c1-6-8-9-10-15(3,4)11-16-14-13(19(20)21)12(7-2)17-18(14)5/h16H,6-11H2,1-5H3. The normalized spacial score (nSPS) is 11.7. The lowest BCUT2D eigenvalue weighted by Gasteiger charge is -2.25. The van der Waals surface area contributed by atoms with Crippen LogP contribution in [0.1, 0.15) is 59.1 Å². The summed E-state index contributed by atoms with van der Waals surface area (Å²) in [6.07, 6.45) is 5.30. The average molecular weight is 296 g/mol. The van der Waals surface area contributed by atoms with E-state index in [4.69, 9.17) is 0 Å². The first kappa shape index (κ1) is 17.5. The highest BCUT2D eigenvalue weighted by molar-refractivity contribution is 5.59. The first-order valence-corrected chi connectivity index (χ1v) is 7.76. The molecule has 0 aromatic carbocycles. The molecule has 1 rings (SSSR count). The number of unbranched alkanes of at least 4 members (excludes halogenated alkanes) is 2. The first-order chi connectivity index (χ1) is 9.82. The van der Waals surface area contributed by atoms with Crippen LogP contribution in [0.4, 0.5) is 11.5 Å². The van der Waals surface area contributed by atoms with E-state index >= 15 is 0 Å². The summed E-state index contributed by atoms with van der Waals surface area (Å²) in [6.45, 7) is 9.17. The summed E-state index contributed by atoms with van der Waals surface area (Å²) in [4.78, 5) is 10.9. The van der Waals surface area contributed by atoms with Gasteiger partial charge >= 0.3 is 5.69 Å². The topological polar surface area (TPSA) is 73.0 Å². The zero-order valence-electron chi connectivity index (χ0n) is 13.9. The maximum absolute atomic E-state index is 11.3. The molecule has 0 amide bonds.